The number of hydrogen-bond donors (Lipinski definition) is 1. The molecule has 0 saturated heterocycles. The molecule has 100 valence electrons. The second-order valence-electron chi connectivity index (χ2n) is 4.35. The van der Waals surface area contributed by atoms with Crippen molar-refractivity contribution >= 4 is 0 Å². The molecule has 0 bridgehead atoms. The minimum atomic E-state index is -0.551. The third-order valence-electron chi connectivity index (χ3n) is 3.09. The Morgan fingerprint density at radius 2 is 2.32 bits per heavy atom. The fourth-order valence-electron chi connectivity index (χ4n) is 1.78. The zero-order chi connectivity index (χ0) is 13.9. The van der Waals surface area contributed by atoms with Crippen molar-refractivity contribution in [3.63, 3.8) is 0 Å². The summed E-state index contributed by atoms with van der Waals surface area (Å²) in [5.74, 6) is 0.902. The maximum absolute atomic E-state index is 8.77. The first-order chi connectivity index (χ1) is 9.12. The molecule has 0 aromatic carbocycles. The predicted molar refractivity (Wildman–Crippen MR) is 68.1 cm³/mol. The molecule has 6 heteroatoms. The molecule has 0 spiro atoms. The summed E-state index contributed by atoms with van der Waals surface area (Å²) in [6.45, 7) is 6.45. The van der Waals surface area contributed by atoms with Crippen LogP contribution >= 0.6 is 0 Å². The fourth-order valence-corrected chi connectivity index (χ4v) is 1.78. The van der Waals surface area contributed by atoms with Crippen molar-refractivity contribution in [1.82, 2.24) is 15.1 Å². The van der Waals surface area contributed by atoms with E-state index in [1.54, 1.807) is 12.3 Å². The highest BCUT2D eigenvalue weighted by molar-refractivity contribution is 5.54. The molecule has 0 fully saturated rings. The first-order valence-electron chi connectivity index (χ1n) is 6.20. The molecule has 1 N–H and O–H groups in total. The lowest BCUT2D eigenvalue weighted by Gasteiger charge is -2.23. The highest BCUT2D eigenvalue weighted by Crippen LogP contribution is 2.28. The van der Waals surface area contributed by atoms with E-state index in [-0.39, 0.29) is 0 Å². The largest absolute Gasteiger partial charge is 0.367 e. The van der Waals surface area contributed by atoms with Crippen LogP contribution in [0.2, 0.25) is 0 Å². The molecule has 2 aromatic rings. The van der Waals surface area contributed by atoms with Crippen molar-refractivity contribution in [1.29, 1.82) is 5.26 Å². The Kier molecular flexibility index (Phi) is 3.67. The predicted octanol–water partition coefficient (Wildman–Crippen LogP) is 2.60. The Labute approximate surface area is 111 Å². The molecular formula is C13H16N4O2. The molecule has 0 amide bonds. The Morgan fingerprint density at radius 1 is 1.53 bits per heavy atom. The van der Waals surface area contributed by atoms with E-state index < -0.39 is 5.60 Å². The summed E-state index contributed by atoms with van der Waals surface area (Å²) in [6.07, 6.45) is 2.41. The number of nitrogens with one attached hydrogen (secondary N) is 1. The summed E-state index contributed by atoms with van der Waals surface area (Å²) >= 11 is 0. The number of nitriles is 1. The molecule has 6 nitrogen and oxygen atoms in total. The molecule has 0 aliphatic rings. The number of aromatic amines is 1. The molecule has 1 unspecified atom stereocenters. The van der Waals surface area contributed by atoms with Crippen LogP contribution in [-0.2, 0) is 10.3 Å². The van der Waals surface area contributed by atoms with E-state index in [0.29, 0.717) is 29.6 Å². The van der Waals surface area contributed by atoms with Gasteiger partial charge >= 0.3 is 0 Å². The highest BCUT2D eigenvalue weighted by atomic mass is 16.5. The molecule has 2 heterocycles. The quantitative estimate of drug-likeness (QED) is 0.892. The number of hydrogen-bond acceptors (Lipinski definition) is 5. The Balaban J connectivity index is 2.30. The van der Waals surface area contributed by atoms with Gasteiger partial charge in [0.25, 0.3) is 5.89 Å². The minimum absolute atomic E-state index is 0.382. The second kappa shape index (κ2) is 5.24. The molecule has 0 radical (unpaired) electrons. The standard InChI is InChI=1S/C13H16N4O2/c1-4-13(3,18-5-2)12-16-11(19-17-12)9-6-10(7-14)15-8-9/h6,8,15H,4-5H2,1-3H3. The molecule has 0 aliphatic carbocycles. The SMILES string of the molecule is CCOC(C)(CC)c1noc(-c2c[nH]c(C#N)c2)n1. The highest BCUT2D eigenvalue weighted by Gasteiger charge is 2.31. The average molecular weight is 260 g/mol. The van der Waals surface area contributed by atoms with Crippen LogP contribution in [-0.4, -0.2) is 21.7 Å². The van der Waals surface area contributed by atoms with E-state index in [0.717, 1.165) is 6.42 Å². The number of ether oxygens (including phenoxy) is 1. The first-order valence-corrected chi connectivity index (χ1v) is 6.20. The summed E-state index contributed by atoms with van der Waals surface area (Å²) in [4.78, 5) is 7.18. The van der Waals surface area contributed by atoms with Gasteiger partial charge in [0.1, 0.15) is 17.4 Å². The zero-order valence-corrected chi connectivity index (χ0v) is 11.2. The summed E-state index contributed by atoms with van der Waals surface area (Å²) in [5.41, 5.74) is 0.605. The fraction of sp³-hybridized carbons (Fsp3) is 0.462. The maximum Gasteiger partial charge on any atom is 0.259 e. The van der Waals surface area contributed by atoms with Gasteiger partial charge in [-0.25, -0.2) is 0 Å². The Bertz CT molecular complexity index is 596. The van der Waals surface area contributed by atoms with Crippen LogP contribution in [0.1, 0.15) is 38.7 Å². The van der Waals surface area contributed by atoms with Crippen LogP contribution in [0.3, 0.4) is 0 Å². The van der Waals surface area contributed by atoms with Gasteiger partial charge in [0.05, 0.1) is 5.56 Å². The van der Waals surface area contributed by atoms with E-state index in [2.05, 4.69) is 15.1 Å². The average Bonchev–Trinajstić information content (AvgIpc) is 3.07. The molecule has 19 heavy (non-hydrogen) atoms. The minimum Gasteiger partial charge on any atom is -0.367 e. The topological polar surface area (TPSA) is 87.7 Å². The third kappa shape index (κ3) is 2.51. The van der Waals surface area contributed by atoms with E-state index in [9.17, 15) is 0 Å². The molecule has 2 rings (SSSR count). The van der Waals surface area contributed by atoms with Gasteiger partial charge in [0.15, 0.2) is 0 Å². The number of aromatic nitrogens is 3. The van der Waals surface area contributed by atoms with Gasteiger partial charge in [-0.1, -0.05) is 12.1 Å². The molecular weight excluding hydrogens is 244 g/mol. The molecule has 1 atom stereocenters. The lowest BCUT2D eigenvalue weighted by atomic mass is 10.0. The number of H-pyrrole nitrogens is 1. The van der Waals surface area contributed by atoms with Gasteiger partial charge in [-0.05, 0) is 26.3 Å². The molecule has 2 aromatic heterocycles. The van der Waals surface area contributed by atoms with Gasteiger partial charge in [-0.3, -0.25) is 0 Å². The summed E-state index contributed by atoms with van der Waals surface area (Å²) < 4.78 is 10.9. The summed E-state index contributed by atoms with van der Waals surface area (Å²) in [5, 5.41) is 12.8. The van der Waals surface area contributed by atoms with Gasteiger partial charge in [-0.15, -0.1) is 0 Å². The van der Waals surface area contributed by atoms with E-state index >= 15 is 0 Å². The van der Waals surface area contributed by atoms with Crippen molar-refractivity contribution in [3.8, 4) is 17.5 Å². The normalized spacial score (nSPS) is 14.0. The van der Waals surface area contributed by atoms with Crippen LogP contribution < -0.4 is 0 Å². The molecule has 0 saturated carbocycles. The van der Waals surface area contributed by atoms with Gasteiger partial charge in [0.2, 0.25) is 5.82 Å². The van der Waals surface area contributed by atoms with Gasteiger partial charge in [0, 0.05) is 12.8 Å². The lowest BCUT2D eigenvalue weighted by Crippen LogP contribution is -2.26. The third-order valence-corrected chi connectivity index (χ3v) is 3.09. The smallest absolute Gasteiger partial charge is 0.259 e. The van der Waals surface area contributed by atoms with Crippen molar-refractivity contribution in [2.24, 2.45) is 0 Å². The van der Waals surface area contributed by atoms with Crippen LogP contribution in [0.25, 0.3) is 11.5 Å². The van der Waals surface area contributed by atoms with Crippen molar-refractivity contribution in [2.75, 3.05) is 6.61 Å². The summed E-state index contributed by atoms with van der Waals surface area (Å²) in [7, 11) is 0. The first kappa shape index (κ1) is 13.3. The monoisotopic (exact) mass is 260 g/mol. The molecule has 0 aliphatic heterocycles. The zero-order valence-electron chi connectivity index (χ0n) is 11.2. The van der Waals surface area contributed by atoms with Crippen molar-refractivity contribution in [3.05, 3.63) is 23.8 Å². The Morgan fingerprint density at radius 3 is 2.89 bits per heavy atom. The van der Waals surface area contributed by atoms with E-state index in [4.69, 9.17) is 14.5 Å². The lowest BCUT2D eigenvalue weighted by molar-refractivity contribution is -0.0403. The second-order valence-corrected chi connectivity index (χ2v) is 4.35. The number of nitrogens with zero attached hydrogens (tertiary/aromatic N) is 3. The number of rotatable bonds is 5. The van der Waals surface area contributed by atoms with E-state index in [1.165, 1.54) is 0 Å². The maximum atomic E-state index is 8.77. The van der Waals surface area contributed by atoms with Gasteiger partial charge < -0.3 is 14.2 Å². The van der Waals surface area contributed by atoms with E-state index in [1.807, 2.05) is 26.8 Å². The van der Waals surface area contributed by atoms with Gasteiger partial charge in [-0.2, -0.15) is 10.2 Å². The van der Waals surface area contributed by atoms with Crippen molar-refractivity contribution in [2.45, 2.75) is 32.8 Å². The summed E-state index contributed by atoms with van der Waals surface area (Å²) in [6, 6.07) is 3.68. The van der Waals surface area contributed by atoms with Crippen LogP contribution in [0.5, 0.6) is 0 Å². The van der Waals surface area contributed by atoms with Crippen LogP contribution in [0.15, 0.2) is 16.8 Å². The van der Waals surface area contributed by atoms with Crippen LogP contribution in [0.4, 0.5) is 0 Å². The Hall–Kier alpha value is -2.13. The van der Waals surface area contributed by atoms with Crippen LogP contribution in [0, 0.1) is 11.3 Å². The van der Waals surface area contributed by atoms with Crippen molar-refractivity contribution < 1.29 is 9.26 Å².